The van der Waals surface area contributed by atoms with Gasteiger partial charge in [-0.05, 0) is 46.1 Å². The standard InChI is InChI=1S/C20H26O2/c1-13(2)12-18(20(3,4)5)16-10-11-17(19(21)22)15-9-7-6-8-14(15)16/h6-11,13,18H,12H2,1-5H3,(H,21,22). The zero-order valence-corrected chi connectivity index (χ0v) is 14.2. The van der Waals surface area contributed by atoms with Crippen molar-refractivity contribution in [2.45, 2.75) is 47.0 Å². The van der Waals surface area contributed by atoms with E-state index in [4.69, 9.17) is 0 Å². The molecule has 0 saturated carbocycles. The summed E-state index contributed by atoms with van der Waals surface area (Å²) in [5.74, 6) is 0.140. The number of hydrogen-bond acceptors (Lipinski definition) is 1. The van der Waals surface area contributed by atoms with Crippen molar-refractivity contribution in [3.8, 4) is 0 Å². The molecule has 0 heterocycles. The summed E-state index contributed by atoms with van der Waals surface area (Å²) in [6.45, 7) is 11.3. The lowest BCUT2D eigenvalue weighted by Crippen LogP contribution is -2.20. The van der Waals surface area contributed by atoms with Crippen LogP contribution in [-0.4, -0.2) is 11.1 Å². The molecule has 0 amide bonds. The van der Waals surface area contributed by atoms with Crippen molar-refractivity contribution in [2.75, 3.05) is 0 Å². The molecule has 0 aliphatic carbocycles. The molecular weight excluding hydrogens is 272 g/mol. The van der Waals surface area contributed by atoms with Gasteiger partial charge in [0.2, 0.25) is 0 Å². The van der Waals surface area contributed by atoms with Gasteiger partial charge in [-0.15, -0.1) is 0 Å². The topological polar surface area (TPSA) is 37.3 Å². The van der Waals surface area contributed by atoms with E-state index in [-0.39, 0.29) is 5.41 Å². The third-order valence-electron chi connectivity index (χ3n) is 4.32. The fraction of sp³-hybridized carbons (Fsp3) is 0.450. The van der Waals surface area contributed by atoms with Crippen molar-refractivity contribution in [1.29, 1.82) is 0 Å². The van der Waals surface area contributed by atoms with Crippen LogP contribution in [0.25, 0.3) is 10.8 Å². The summed E-state index contributed by atoms with van der Waals surface area (Å²) in [5.41, 5.74) is 1.79. The molecule has 0 aliphatic heterocycles. The van der Waals surface area contributed by atoms with E-state index in [2.05, 4.69) is 40.7 Å². The van der Waals surface area contributed by atoms with Gasteiger partial charge in [-0.25, -0.2) is 4.79 Å². The number of rotatable bonds is 4. The first kappa shape index (κ1) is 16.5. The Morgan fingerprint density at radius 3 is 2.14 bits per heavy atom. The van der Waals surface area contributed by atoms with Crippen LogP contribution in [0.3, 0.4) is 0 Å². The van der Waals surface area contributed by atoms with Crippen LogP contribution in [0.5, 0.6) is 0 Å². The highest BCUT2D eigenvalue weighted by atomic mass is 16.4. The average Bonchev–Trinajstić information content (AvgIpc) is 2.42. The molecule has 0 aliphatic rings. The van der Waals surface area contributed by atoms with Gasteiger partial charge in [0.05, 0.1) is 5.56 Å². The number of hydrogen-bond donors (Lipinski definition) is 1. The summed E-state index contributed by atoms with van der Waals surface area (Å²) < 4.78 is 0. The molecule has 1 atom stereocenters. The Hall–Kier alpha value is -1.83. The highest BCUT2D eigenvalue weighted by Gasteiger charge is 2.28. The van der Waals surface area contributed by atoms with Crippen molar-refractivity contribution in [3.63, 3.8) is 0 Å². The summed E-state index contributed by atoms with van der Waals surface area (Å²) in [7, 11) is 0. The molecule has 2 aromatic rings. The van der Waals surface area contributed by atoms with Crippen molar-refractivity contribution < 1.29 is 9.90 Å². The van der Waals surface area contributed by atoms with Crippen LogP contribution in [-0.2, 0) is 0 Å². The maximum atomic E-state index is 11.5. The lowest BCUT2D eigenvalue weighted by Gasteiger charge is -2.33. The lowest BCUT2D eigenvalue weighted by molar-refractivity contribution is 0.0699. The SMILES string of the molecule is CC(C)CC(c1ccc(C(=O)O)c2ccccc12)C(C)(C)C. The zero-order chi connectivity index (χ0) is 16.5. The largest absolute Gasteiger partial charge is 0.478 e. The van der Waals surface area contributed by atoms with Crippen LogP contribution in [0.15, 0.2) is 36.4 Å². The van der Waals surface area contributed by atoms with Gasteiger partial charge in [0.25, 0.3) is 0 Å². The smallest absolute Gasteiger partial charge is 0.336 e. The average molecular weight is 298 g/mol. The molecule has 1 unspecified atom stereocenters. The number of carbonyl (C=O) groups is 1. The van der Waals surface area contributed by atoms with Gasteiger partial charge in [0.15, 0.2) is 0 Å². The number of carboxylic acid groups (broad SMARTS) is 1. The molecule has 118 valence electrons. The normalized spacial score (nSPS) is 13.5. The van der Waals surface area contributed by atoms with E-state index in [1.54, 1.807) is 6.07 Å². The fourth-order valence-electron chi connectivity index (χ4n) is 3.23. The van der Waals surface area contributed by atoms with Crippen molar-refractivity contribution in [3.05, 3.63) is 47.5 Å². The molecule has 0 aromatic heterocycles. The Labute approximate surface area is 133 Å². The summed E-state index contributed by atoms with van der Waals surface area (Å²) in [6, 6.07) is 11.6. The highest BCUT2D eigenvalue weighted by Crippen LogP contribution is 2.42. The van der Waals surface area contributed by atoms with Crippen molar-refractivity contribution >= 4 is 16.7 Å². The monoisotopic (exact) mass is 298 g/mol. The van der Waals surface area contributed by atoms with Gasteiger partial charge in [-0.3, -0.25) is 0 Å². The van der Waals surface area contributed by atoms with Crippen LogP contribution in [0.1, 0.15) is 62.9 Å². The fourth-order valence-corrected chi connectivity index (χ4v) is 3.23. The Morgan fingerprint density at radius 2 is 1.64 bits per heavy atom. The van der Waals surface area contributed by atoms with Gasteiger partial charge >= 0.3 is 5.97 Å². The third-order valence-corrected chi connectivity index (χ3v) is 4.32. The van der Waals surface area contributed by atoms with E-state index in [9.17, 15) is 9.90 Å². The summed E-state index contributed by atoms with van der Waals surface area (Å²) in [4.78, 5) is 11.5. The summed E-state index contributed by atoms with van der Waals surface area (Å²) in [5, 5.41) is 11.3. The van der Waals surface area contributed by atoms with Crippen LogP contribution in [0.2, 0.25) is 0 Å². The molecule has 2 heteroatoms. The minimum Gasteiger partial charge on any atom is -0.478 e. The molecule has 2 aromatic carbocycles. The Morgan fingerprint density at radius 1 is 1.05 bits per heavy atom. The third kappa shape index (κ3) is 3.32. The molecule has 0 fully saturated rings. The molecule has 2 rings (SSSR count). The quantitative estimate of drug-likeness (QED) is 0.784. The first-order chi connectivity index (χ1) is 10.2. The first-order valence-electron chi connectivity index (χ1n) is 7.96. The predicted molar refractivity (Wildman–Crippen MR) is 92.6 cm³/mol. The molecule has 0 radical (unpaired) electrons. The maximum absolute atomic E-state index is 11.5. The van der Waals surface area contributed by atoms with E-state index in [1.807, 2.05) is 24.3 Å². The molecule has 2 nitrogen and oxygen atoms in total. The van der Waals surface area contributed by atoms with E-state index in [0.29, 0.717) is 17.4 Å². The van der Waals surface area contributed by atoms with Crippen molar-refractivity contribution in [2.24, 2.45) is 11.3 Å². The van der Waals surface area contributed by atoms with E-state index >= 15 is 0 Å². The van der Waals surface area contributed by atoms with Gasteiger partial charge in [0.1, 0.15) is 0 Å². The summed E-state index contributed by atoms with van der Waals surface area (Å²) >= 11 is 0. The number of aromatic carboxylic acids is 1. The number of fused-ring (bicyclic) bond motifs is 1. The van der Waals surface area contributed by atoms with Crippen LogP contribution >= 0.6 is 0 Å². The maximum Gasteiger partial charge on any atom is 0.336 e. The lowest BCUT2D eigenvalue weighted by atomic mass is 9.71. The van der Waals surface area contributed by atoms with Crippen LogP contribution in [0, 0.1) is 11.3 Å². The minimum atomic E-state index is -0.862. The van der Waals surface area contributed by atoms with E-state index in [1.165, 1.54) is 5.56 Å². The Kier molecular flexibility index (Phi) is 4.60. The molecule has 0 bridgehead atoms. The predicted octanol–water partition coefficient (Wildman–Crippen LogP) is 5.71. The van der Waals surface area contributed by atoms with Crippen molar-refractivity contribution in [1.82, 2.24) is 0 Å². The molecule has 0 spiro atoms. The first-order valence-corrected chi connectivity index (χ1v) is 7.96. The zero-order valence-electron chi connectivity index (χ0n) is 14.2. The van der Waals surface area contributed by atoms with E-state index < -0.39 is 5.97 Å². The minimum absolute atomic E-state index is 0.137. The van der Waals surface area contributed by atoms with Gasteiger partial charge in [-0.1, -0.05) is 65.0 Å². The summed E-state index contributed by atoms with van der Waals surface area (Å²) in [6.07, 6.45) is 1.10. The van der Waals surface area contributed by atoms with Crippen LogP contribution < -0.4 is 0 Å². The Bertz CT molecular complexity index is 678. The second-order valence-corrected chi connectivity index (χ2v) is 7.60. The van der Waals surface area contributed by atoms with Crippen LogP contribution in [0.4, 0.5) is 0 Å². The van der Waals surface area contributed by atoms with E-state index in [0.717, 1.165) is 17.2 Å². The second kappa shape index (κ2) is 6.12. The van der Waals surface area contributed by atoms with Gasteiger partial charge in [0, 0.05) is 0 Å². The Balaban J connectivity index is 2.69. The second-order valence-electron chi connectivity index (χ2n) is 7.60. The molecule has 0 saturated heterocycles. The van der Waals surface area contributed by atoms with Gasteiger partial charge in [-0.2, -0.15) is 0 Å². The molecule has 1 N–H and O–H groups in total. The number of benzene rings is 2. The molecular formula is C20H26O2. The number of carboxylic acids is 1. The highest BCUT2D eigenvalue weighted by molar-refractivity contribution is 6.04. The van der Waals surface area contributed by atoms with Gasteiger partial charge < -0.3 is 5.11 Å². The molecule has 22 heavy (non-hydrogen) atoms.